The van der Waals surface area contributed by atoms with Gasteiger partial charge in [0.05, 0.1) is 5.75 Å². The fourth-order valence-corrected chi connectivity index (χ4v) is 3.51. The third-order valence-corrected chi connectivity index (χ3v) is 5.74. The molecule has 0 spiro atoms. The summed E-state index contributed by atoms with van der Waals surface area (Å²) in [6.07, 6.45) is 3.62. The molecule has 1 amide bonds. The smallest absolute Gasteiger partial charge is 0.223 e. The van der Waals surface area contributed by atoms with Crippen LogP contribution in [0, 0.1) is 0 Å². The second-order valence-electron chi connectivity index (χ2n) is 5.54. The minimum Gasteiger partial charge on any atom is -0.339 e. The van der Waals surface area contributed by atoms with E-state index in [2.05, 4.69) is 20.8 Å². The van der Waals surface area contributed by atoms with Crippen molar-refractivity contribution in [1.29, 1.82) is 0 Å². The van der Waals surface area contributed by atoms with E-state index in [-0.39, 0.29) is 18.1 Å². The van der Waals surface area contributed by atoms with E-state index in [0.717, 1.165) is 26.2 Å². The van der Waals surface area contributed by atoms with E-state index >= 15 is 0 Å². The summed E-state index contributed by atoms with van der Waals surface area (Å²) < 4.78 is 22.0. The number of hydrogen-bond acceptors (Lipinski definition) is 4. The first-order valence-corrected chi connectivity index (χ1v) is 9.66. The third-order valence-electron chi connectivity index (χ3n) is 3.88. The van der Waals surface area contributed by atoms with Crippen molar-refractivity contribution < 1.29 is 13.2 Å². The molecule has 0 saturated carbocycles. The quantitative estimate of drug-likeness (QED) is 0.691. The predicted octanol–water partition coefficient (Wildman–Crippen LogP) is 0.491. The molecule has 2 aliphatic rings. The number of nitrogens with zero attached hydrogens (tertiary/aromatic N) is 2. The fourth-order valence-electron chi connectivity index (χ4n) is 2.55. The number of carbonyl (C=O) groups is 1. The number of alkyl halides is 1. The third kappa shape index (κ3) is 4.43. The van der Waals surface area contributed by atoms with Crippen molar-refractivity contribution in [3.63, 3.8) is 0 Å². The zero-order valence-corrected chi connectivity index (χ0v) is 13.6. The summed E-state index contributed by atoms with van der Waals surface area (Å²) in [4.78, 5) is 16.6. The van der Waals surface area contributed by atoms with Gasteiger partial charge in [-0.15, -0.1) is 0 Å². The maximum Gasteiger partial charge on any atom is 0.223 e. The van der Waals surface area contributed by atoms with Crippen LogP contribution in [0.15, 0.2) is 0 Å². The molecule has 0 aliphatic carbocycles. The highest BCUT2D eigenvalue weighted by Crippen LogP contribution is 2.23. The highest BCUT2D eigenvalue weighted by Gasteiger charge is 2.35. The van der Waals surface area contributed by atoms with Gasteiger partial charge in [0, 0.05) is 36.6 Å². The van der Waals surface area contributed by atoms with E-state index in [9.17, 15) is 13.2 Å². The van der Waals surface area contributed by atoms with Crippen molar-refractivity contribution in [3.05, 3.63) is 0 Å². The average Bonchev–Trinajstić information content (AvgIpc) is 2.26. The van der Waals surface area contributed by atoms with E-state index in [1.165, 1.54) is 19.1 Å². The number of halogens is 1. The van der Waals surface area contributed by atoms with Gasteiger partial charge >= 0.3 is 0 Å². The number of carbonyl (C=O) groups excluding carboxylic acids is 1. The number of piperidine rings is 1. The highest BCUT2D eigenvalue weighted by molar-refractivity contribution is 9.09. The van der Waals surface area contributed by atoms with Gasteiger partial charge in [-0.05, 0) is 25.9 Å². The van der Waals surface area contributed by atoms with E-state index in [4.69, 9.17) is 0 Å². The largest absolute Gasteiger partial charge is 0.339 e. The van der Waals surface area contributed by atoms with Gasteiger partial charge in [-0.3, -0.25) is 9.69 Å². The number of likely N-dealkylation sites (tertiary alicyclic amines) is 2. The molecular weight excluding hydrogens is 332 g/mol. The van der Waals surface area contributed by atoms with Crippen LogP contribution < -0.4 is 0 Å². The van der Waals surface area contributed by atoms with Crippen molar-refractivity contribution in [2.45, 2.75) is 30.1 Å². The Hall–Kier alpha value is -0.140. The van der Waals surface area contributed by atoms with Crippen molar-refractivity contribution >= 4 is 31.7 Å². The van der Waals surface area contributed by atoms with Crippen LogP contribution in [0.4, 0.5) is 0 Å². The first kappa shape index (κ1) is 15.3. The minimum atomic E-state index is -3.04. The summed E-state index contributed by atoms with van der Waals surface area (Å²) in [6.45, 7) is 3.70. The Labute approximate surface area is 123 Å². The molecule has 0 N–H and O–H groups in total. The van der Waals surface area contributed by atoms with Crippen molar-refractivity contribution in [2.75, 3.05) is 38.2 Å². The molecule has 7 heteroatoms. The first-order chi connectivity index (χ1) is 8.85. The molecule has 0 bridgehead atoms. The fraction of sp³-hybridized carbons (Fsp3) is 0.917. The summed E-state index contributed by atoms with van der Waals surface area (Å²) in [5.74, 6) is -0.0702. The number of amides is 1. The van der Waals surface area contributed by atoms with Crippen molar-refractivity contribution in [3.8, 4) is 0 Å². The average molecular weight is 353 g/mol. The van der Waals surface area contributed by atoms with Gasteiger partial charge in [-0.25, -0.2) is 8.42 Å². The molecule has 2 fully saturated rings. The predicted molar refractivity (Wildman–Crippen MR) is 78.2 cm³/mol. The van der Waals surface area contributed by atoms with Crippen molar-refractivity contribution in [1.82, 2.24) is 9.80 Å². The second-order valence-corrected chi connectivity index (χ2v) is 9.10. The summed E-state index contributed by atoms with van der Waals surface area (Å²) in [5.41, 5.74) is 0. The van der Waals surface area contributed by atoms with E-state index in [1.54, 1.807) is 4.90 Å². The van der Waals surface area contributed by atoms with Gasteiger partial charge in [-0.2, -0.15) is 0 Å². The molecule has 0 unspecified atom stereocenters. The highest BCUT2D eigenvalue weighted by atomic mass is 79.9. The van der Waals surface area contributed by atoms with Crippen molar-refractivity contribution in [2.24, 2.45) is 0 Å². The second kappa shape index (κ2) is 6.10. The van der Waals surface area contributed by atoms with Gasteiger partial charge < -0.3 is 4.90 Å². The summed E-state index contributed by atoms with van der Waals surface area (Å²) in [7, 11) is -3.04. The Morgan fingerprint density at radius 2 is 1.84 bits per heavy atom. The van der Waals surface area contributed by atoms with Gasteiger partial charge in [0.15, 0.2) is 0 Å². The Balaban J connectivity index is 1.69. The van der Waals surface area contributed by atoms with Gasteiger partial charge in [0.1, 0.15) is 9.84 Å². The number of hydrogen-bond donors (Lipinski definition) is 0. The molecule has 0 aromatic heterocycles. The lowest BCUT2D eigenvalue weighted by Crippen LogP contribution is -2.62. The summed E-state index contributed by atoms with van der Waals surface area (Å²) in [5, 5.41) is 0. The Bertz CT molecular complexity index is 426. The molecule has 0 radical (unpaired) electrons. The normalized spacial score (nSPS) is 23.4. The Kier molecular flexibility index (Phi) is 4.89. The van der Waals surface area contributed by atoms with Gasteiger partial charge in [-0.1, -0.05) is 15.9 Å². The van der Waals surface area contributed by atoms with Crippen LogP contribution in [0.2, 0.25) is 0 Å². The molecule has 0 aromatic rings. The first-order valence-electron chi connectivity index (χ1n) is 6.69. The molecule has 0 atom stereocenters. The zero-order chi connectivity index (χ0) is 14.0. The molecular formula is C12H21BrN2O3S. The van der Waals surface area contributed by atoms with Crippen LogP contribution in [0.3, 0.4) is 0 Å². The Morgan fingerprint density at radius 3 is 2.37 bits per heavy atom. The lowest BCUT2D eigenvalue weighted by molar-refractivity contribution is -0.138. The molecule has 19 heavy (non-hydrogen) atoms. The molecule has 2 aliphatic heterocycles. The van der Waals surface area contributed by atoms with Crippen LogP contribution in [0.1, 0.15) is 19.3 Å². The van der Waals surface area contributed by atoms with Gasteiger partial charge in [0.25, 0.3) is 0 Å². The molecule has 110 valence electrons. The lowest BCUT2D eigenvalue weighted by atomic mass is 10.0. The Morgan fingerprint density at radius 1 is 1.26 bits per heavy atom. The van der Waals surface area contributed by atoms with E-state index in [0.29, 0.717) is 10.9 Å². The summed E-state index contributed by atoms with van der Waals surface area (Å²) >= 11 is 3.63. The van der Waals surface area contributed by atoms with Crippen LogP contribution in [0.25, 0.3) is 0 Å². The number of rotatable bonds is 4. The maximum absolute atomic E-state index is 11.8. The zero-order valence-electron chi connectivity index (χ0n) is 11.2. The molecule has 2 rings (SSSR count). The molecule has 0 aromatic carbocycles. The SMILES string of the molecule is CS(=O)(=O)CCC(=O)N1CC(N2CCC(Br)CC2)C1. The van der Waals surface area contributed by atoms with Crippen LogP contribution in [-0.4, -0.2) is 73.2 Å². The van der Waals surface area contributed by atoms with Gasteiger partial charge in [0.2, 0.25) is 5.91 Å². The van der Waals surface area contributed by atoms with E-state index in [1.807, 2.05) is 0 Å². The number of sulfone groups is 1. The van der Waals surface area contributed by atoms with Crippen LogP contribution in [0.5, 0.6) is 0 Å². The standard InChI is InChI=1S/C12H21BrN2O3S/c1-19(17,18)7-4-12(16)15-8-11(9-15)14-5-2-10(13)3-6-14/h10-11H,2-9H2,1H3. The monoisotopic (exact) mass is 352 g/mol. The lowest BCUT2D eigenvalue weighted by Gasteiger charge is -2.47. The minimum absolute atomic E-state index is 0.0305. The van der Waals surface area contributed by atoms with E-state index < -0.39 is 9.84 Å². The molecule has 2 heterocycles. The maximum atomic E-state index is 11.8. The van der Waals surface area contributed by atoms with Crippen LogP contribution in [-0.2, 0) is 14.6 Å². The molecule has 5 nitrogen and oxygen atoms in total. The van der Waals surface area contributed by atoms with Crippen LogP contribution >= 0.6 is 15.9 Å². The topological polar surface area (TPSA) is 57.7 Å². The molecule has 2 saturated heterocycles. The summed E-state index contributed by atoms with van der Waals surface area (Å²) in [6, 6.07) is 0.474.